The van der Waals surface area contributed by atoms with E-state index in [4.69, 9.17) is 14.2 Å². The fourth-order valence-corrected chi connectivity index (χ4v) is 3.80. The number of carbonyl (C=O) groups is 2. The smallest absolute Gasteiger partial charge is 0.295 e. The lowest BCUT2D eigenvalue weighted by Gasteiger charge is -2.25. The number of aliphatic hydroxyl groups excluding tert-OH is 1. The maximum atomic E-state index is 13.1. The van der Waals surface area contributed by atoms with E-state index in [0.29, 0.717) is 35.2 Å². The first-order chi connectivity index (χ1) is 16.2. The zero-order valence-electron chi connectivity index (χ0n) is 20.4. The number of hydrogen-bond donors (Lipinski definition) is 1. The molecule has 1 aliphatic heterocycles. The molecule has 0 radical (unpaired) electrons. The predicted octanol–water partition coefficient (Wildman–Crippen LogP) is 4.58. The van der Waals surface area contributed by atoms with Gasteiger partial charge in [0.15, 0.2) is 0 Å². The monoisotopic (exact) mass is 467 g/mol. The summed E-state index contributed by atoms with van der Waals surface area (Å²) in [5.41, 5.74) is 1.15. The molecule has 0 saturated carbocycles. The molecule has 1 saturated heterocycles. The first kappa shape index (κ1) is 25.3. The summed E-state index contributed by atoms with van der Waals surface area (Å²) in [7, 11) is 1.53. The third-order valence-electron chi connectivity index (χ3n) is 5.33. The Hall–Kier alpha value is -3.32. The molecule has 34 heavy (non-hydrogen) atoms. The molecule has 0 spiro atoms. The number of methoxy groups -OCH3 is 1. The molecule has 7 heteroatoms. The molecular weight excluding hydrogens is 434 g/mol. The number of nitrogens with zero attached hydrogens (tertiary/aromatic N) is 1. The van der Waals surface area contributed by atoms with Crippen LogP contribution in [0.5, 0.6) is 11.5 Å². The van der Waals surface area contributed by atoms with Gasteiger partial charge < -0.3 is 24.2 Å². The van der Waals surface area contributed by atoms with Crippen LogP contribution >= 0.6 is 0 Å². The molecule has 2 aromatic rings. The molecule has 182 valence electrons. The Labute approximate surface area is 200 Å². The van der Waals surface area contributed by atoms with Crippen molar-refractivity contribution in [2.24, 2.45) is 5.92 Å². The molecule has 1 fully saturated rings. The van der Waals surface area contributed by atoms with Crippen LogP contribution in [0.15, 0.2) is 54.1 Å². The molecule has 1 unspecified atom stereocenters. The van der Waals surface area contributed by atoms with Crippen molar-refractivity contribution in [3.8, 4) is 11.5 Å². The van der Waals surface area contributed by atoms with Crippen LogP contribution in [0.4, 0.5) is 0 Å². The van der Waals surface area contributed by atoms with Gasteiger partial charge in [-0.3, -0.25) is 9.59 Å². The Kier molecular flexibility index (Phi) is 8.34. The van der Waals surface area contributed by atoms with Crippen LogP contribution in [-0.2, 0) is 14.3 Å². The van der Waals surface area contributed by atoms with Crippen LogP contribution in [0.2, 0.25) is 0 Å². The van der Waals surface area contributed by atoms with E-state index in [1.807, 2.05) is 39.8 Å². The third kappa shape index (κ3) is 5.78. The molecule has 1 heterocycles. The summed E-state index contributed by atoms with van der Waals surface area (Å²) in [6.07, 6.45) is 0.0170. The van der Waals surface area contributed by atoms with Crippen molar-refractivity contribution in [3.05, 3.63) is 65.2 Å². The fourth-order valence-electron chi connectivity index (χ4n) is 3.80. The molecule has 0 aromatic heterocycles. The van der Waals surface area contributed by atoms with Gasteiger partial charge in [-0.1, -0.05) is 38.1 Å². The number of aliphatic hydroxyl groups is 1. The summed E-state index contributed by atoms with van der Waals surface area (Å²) in [5.74, 6) is -0.0274. The zero-order chi connectivity index (χ0) is 24.8. The summed E-state index contributed by atoms with van der Waals surface area (Å²) < 4.78 is 16.6. The van der Waals surface area contributed by atoms with Gasteiger partial charge in [0.25, 0.3) is 11.7 Å². The Bertz CT molecular complexity index is 1040. The quantitative estimate of drug-likeness (QED) is 0.313. The van der Waals surface area contributed by atoms with E-state index in [0.717, 1.165) is 0 Å². The van der Waals surface area contributed by atoms with Crippen molar-refractivity contribution in [2.45, 2.75) is 39.8 Å². The lowest BCUT2D eigenvalue weighted by atomic mass is 9.95. The van der Waals surface area contributed by atoms with Crippen LogP contribution in [0.3, 0.4) is 0 Å². The normalized spacial score (nSPS) is 17.6. The van der Waals surface area contributed by atoms with E-state index in [-0.39, 0.29) is 30.6 Å². The number of likely N-dealkylation sites (tertiary alicyclic amines) is 1. The van der Waals surface area contributed by atoms with E-state index in [1.54, 1.807) is 36.4 Å². The maximum Gasteiger partial charge on any atom is 0.295 e. The Balaban J connectivity index is 2.05. The van der Waals surface area contributed by atoms with Gasteiger partial charge in [0, 0.05) is 19.2 Å². The number of amides is 1. The van der Waals surface area contributed by atoms with Gasteiger partial charge in [-0.05, 0) is 49.6 Å². The maximum absolute atomic E-state index is 13.1. The van der Waals surface area contributed by atoms with Crippen LogP contribution in [0.25, 0.3) is 5.76 Å². The Morgan fingerprint density at radius 2 is 1.74 bits per heavy atom. The predicted molar refractivity (Wildman–Crippen MR) is 130 cm³/mol. The van der Waals surface area contributed by atoms with E-state index in [9.17, 15) is 14.7 Å². The second kappa shape index (κ2) is 11.2. The van der Waals surface area contributed by atoms with Crippen LogP contribution in [-0.4, -0.2) is 54.7 Å². The SMILES string of the molecule is COCCN1C(=O)C(=O)/C(=C(\O)c2cccc(OCC(C)C)c2)C1c1ccc(OC(C)C)cc1. The lowest BCUT2D eigenvalue weighted by Crippen LogP contribution is -2.32. The standard InChI is InChI=1S/C27H33NO6/c1-17(2)16-33-22-8-6-7-20(15-22)25(29)23-24(28(13-14-32-5)27(31)26(23)30)19-9-11-21(12-10-19)34-18(3)4/h6-12,15,17-18,24,29H,13-14,16H2,1-5H3/b25-23-. The Morgan fingerprint density at radius 3 is 2.35 bits per heavy atom. The molecule has 1 N–H and O–H groups in total. The number of hydrogen-bond acceptors (Lipinski definition) is 6. The Morgan fingerprint density at radius 1 is 1.03 bits per heavy atom. The van der Waals surface area contributed by atoms with E-state index < -0.39 is 17.7 Å². The summed E-state index contributed by atoms with van der Waals surface area (Å²) in [5, 5.41) is 11.2. The van der Waals surface area contributed by atoms with Gasteiger partial charge in [-0.15, -0.1) is 0 Å². The van der Waals surface area contributed by atoms with Gasteiger partial charge in [0.1, 0.15) is 17.3 Å². The molecule has 1 atom stereocenters. The van der Waals surface area contributed by atoms with Crippen molar-refractivity contribution < 1.29 is 28.9 Å². The number of rotatable bonds is 10. The first-order valence-electron chi connectivity index (χ1n) is 11.5. The van der Waals surface area contributed by atoms with E-state index in [1.165, 1.54) is 12.0 Å². The van der Waals surface area contributed by atoms with Crippen LogP contribution < -0.4 is 9.47 Å². The first-order valence-corrected chi connectivity index (χ1v) is 11.5. The average molecular weight is 468 g/mol. The fraction of sp³-hybridized carbons (Fsp3) is 0.407. The number of carbonyl (C=O) groups excluding carboxylic acids is 2. The molecular formula is C27H33NO6. The minimum atomic E-state index is -0.747. The van der Waals surface area contributed by atoms with Crippen molar-refractivity contribution in [1.82, 2.24) is 4.90 Å². The van der Waals surface area contributed by atoms with Gasteiger partial charge in [-0.2, -0.15) is 0 Å². The molecule has 2 aromatic carbocycles. The largest absolute Gasteiger partial charge is 0.507 e. The second-order valence-electron chi connectivity index (χ2n) is 8.95. The van der Waals surface area contributed by atoms with Gasteiger partial charge in [-0.25, -0.2) is 0 Å². The molecule has 0 aliphatic carbocycles. The van der Waals surface area contributed by atoms with Gasteiger partial charge in [0.05, 0.1) is 30.9 Å². The average Bonchev–Trinajstić information content (AvgIpc) is 3.06. The molecule has 7 nitrogen and oxygen atoms in total. The zero-order valence-corrected chi connectivity index (χ0v) is 20.4. The summed E-state index contributed by atoms with van der Waals surface area (Å²) in [6.45, 7) is 8.96. The van der Waals surface area contributed by atoms with Crippen molar-refractivity contribution in [1.29, 1.82) is 0 Å². The number of Topliss-reactive ketones (excluding diaryl/α,β-unsaturated/α-hetero) is 1. The summed E-state index contributed by atoms with van der Waals surface area (Å²) >= 11 is 0. The van der Waals surface area contributed by atoms with E-state index >= 15 is 0 Å². The molecule has 3 rings (SSSR count). The number of ketones is 1. The highest BCUT2D eigenvalue weighted by Crippen LogP contribution is 2.40. The molecule has 1 aliphatic rings. The highest BCUT2D eigenvalue weighted by Gasteiger charge is 2.45. The summed E-state index contributed by atoms with van der Waals surface area (Å²) in [4.78, 5) is 27.4. The minimum absolute atomic E-state index is 0.0170. The van der Waals surface area contributed by atoms with Crippen LogP contribution in [0.1, 0.15) is 44.9 Å². The van der Waals surface area contributed by atoms with Crippen molar-refractivity contribution in [3.63, 3.8) is 0 Å². The van der Waals surface area contributed by atoms with Gasteiger partial charge in [0.2, 0.25) is 0 Å². The topological polar surface area (TPSA) is 85.3 Å². The highest BCUT2D eigenvalue weighted by atomic mass is 16.5. The number of ether oxygens (including phenoxy) is 3. The lowest BCUT2D eigenvalue weighted by molar-refractivity contribution is -0.140. The number of benzene rings is 2. The summed E-state index contributed by atoms with van der Waals surface area (Å²) in [6, 6.07) is 13.4. The van der Waals surface area contributed by atoms with E-state index in [2.05, 4.69) is 0 Å². The molecule has 0 bridgehead atoms. The van der Waals surface area contributed by atoms with Crippen molar-refractivity contribution >= 4 is 17.4 Å². The van der Waals surface area contributed by atoms with Crippen molar-refractivity contribution in [2.75, 3.05) is 26.9 Å². The highest BCUT2D eigenvalue weighted by molar-refractivity contribution is 6.46. The minimum Gasteiger partial charge on any atom is -0.507 e. The molecule has 1 amide bonds. The van der Waals surface area contributed by atoms with Gasteiger partial charge >= 0.3 is 0 Å². The third-order valence-corrected chi connectivity index (χ3v) is 5.33. The second-order valence-corrected chi connectivity index (χ2v) is 8.95. The van der Waals surface area contributed by atoms with Crippen LogP contribution in [0, 0.1) is 5.92 Å².